The maximum atomic E-state index is 13.1. The van der Waals surface area contributed by atoms with Gasteiger partial charge in [0.25, 0.3) is 0 Å². The van der Waals surface area contributed by atoms with Gasteiger partial charge in [0.05, 0.1) is 5.60 Å². The van der Waals surface area contributed by atoms with E-state index < -0.39 is 17.2 Å². The van der Waals surface area contributed by atoms with E-state index >= 15 is 0 Å². The van der Waals surface area contributed by atoms with Crippen molar-refractivity contribution in [3.05, 3.63) is 50.5 Å². The van der Waals surface area contributed by atoms with Crippen LogP contribution < -0.4 is 0 Å². The largest absolute Gasteiger partial charge is 0.425 e. The maximum absolute atomic E-state index is 13.1. The van der Waals surface area contributed by atoms with Gasteiger partial charge in [-0.15, -0.1) is 11.3 Å². The highest BCUT2D eigenvalue weighted by Crippen LogP contribution is 2.57. The molecule has 138 valence electrons. The number of nitrogens with zero attached hydrogens (tertiary/aromatic N) is 1. The molecular weight excluding hydrogens is 359 g/mol. The summed E-state index contributed by atoms with van der Waals surface area (Å²) in [6.45, 7) is 0. The molecule has 5 rings (SSSR count). The molecule has 1 spiro atoms. The van der Waals surface area contributed by atoms with Gasteiger partial charge < -0.3 is 4.74 Å². The third-order valence-electron chi connectivity index (χ3n) is 6.05. The molecule has 3 aliphatic rings. The molecule has 1 fully saturated rings. The summed E-state index contributed by atoms with van der Waals surface area (Å²) in [7, 11) is 0. The molecule has 0 amide bonds. The quantitative estimate of drug-likeness (QED) is 0.613. The van der Waals surface area contributed by atoms with Gasteiger partial charge in [-0.1, -0.05) is 12.8 Å². The van der Waals surface area contributed by atoms with Gasteiger partial charge in [0, 0.05) is 22.3 Å². The summed E-state index contributed by atoms with van der Waals surface area (Å²) in [5.74, 6) is 0. The number of ether oxygens (including phenoxy) is 1. The number of pyridine rings is 1. The highest BCUT2D eigenvalue weighted by molar-refractivity contribution is 7.12. The second kappa shape index (κ2) is 5.80. The van der Waals surface area contributed by atoms with Crippen molar-refractivity contribution >= 4 is 11.3 Å². The zero-order valence-corrected chi connectivity index (χ0v) is 15.2. The Labute approximate surface area is 154 Å². The molecule has 26 heavy (non-hydrogen) atoms. The zero-order valence-electron chi connectivity index (χ0n) is 14.4. The van der Waals surface area contributed by atoms with Crippen LogP contribution in [0.4, 0.5) is 13.2 Å². The highest BCUT2D eigenvalue weighted by atomic mass is 32.1. The number of thiophene rings is 1. The average molecular weight is 379 g/mol. The molecule has 6 heteroatoms. The Morgan fingerprint density at radius 3 is 2.58 bits per heavy atom. The molecule has 0 radical (unpaired) electrons. The smallest absolute Gasteiger partial charge is 0.357 e. The molecule has 1 aliphatic heterocycles. The van der Waals surface area contributed by atoms with Crippen LogP contribution in [0.3, 0.4) is 0 Å². The Balaban J connectivity index is 1.64. The average Bonchev–Trinajstić information content (AvgIpc) is 3.34. The van der Waals surface area contributed by atoms with Gasteiger partial charge >= 0.3 is 6.18 Å². The van der Waals surface area contributed by atoms with E-state index in [4.69, 9.17) is 4.74 Å². The summed E-state index contributed by atoms with van der Waals surface area (Å²) >= 11 is 0.802. The molecule has 1 saturated carbocycles. The maximum Gasteiger partial charge on any atom is 0.425 e. The lowest BCUT2D eigenvalue weighted by molar-refractivity contribution is -0.134. The Kier molecular flexibility index (Phi) is 3.73. The van der Waals surface area contributed by atoms with E-state index in [1.165, 1.54) is 22.9 Å². The van der Waals surface area contributed by atoms with Gasteiger partial charge in [-0.05, 0) is 61.8 Å². The fourth-order valence-electron chi connectivity index (χ4n) is 4.94. The number of rotatable bonds is 1. The molecule has 2 aromatic heterocycles. The molecule has 0 N–H and O–H groups in total. The van der Waals surface area contributed by atoms with Gasteiger partial charge in [0.2, 0.25) is 0 Å². The molecule has 0 bridgehead atoms. The van der Waals surface area contributed by atoms with E-state index in [0.29, 0.717) is 4.88 Å². The van der Waals surface area contributed by atoms with Crippen molar-refractivity contribution in [1.82, 2.24) is 4.98 Å². The van der Waals surface area contributed by atoms with Crippen LogP contribution in [0.1, 0.15) is 76.8 Å². The van der Waals surface area contributed by atoms with E-state index in [-0.39, 0.29) is 5.60 Å². The Morgan fingerprint density at radius 2 is 1.85 bits per heavy atom. The number of hydrogen-bond acceptors (Lipinski definition) is 3. The van der Waals surface area contributed by atoms with E-state index in [1.807, 2.05) is 6.20 Å². The van der Waals surface area contributed by atoms with E-state index in [0.717, 1.165) is 68.3 Å². The normalized spacial score (nSPS) is 24.0. The molecule has 3 heterocycles. The first-order valence-electron chi connectivity index (χ1n) is 9.34. The van der Waals surface area contributed by atoms with Crippen molar-refractivity contribution in [3.8, 4) is 0 Å². The summed E-state index contributed by atoms with van der Waals surface area (Å²) in [6.07, 6.45) is 5.65. The molecule has 1 unspecified atom stereocenters. The Hall–Kier alpha value is -1.40. The van der Waals surface area contributed by atoms with E-state index in [2.05, 4.69) is 4.98 Å². The van der Waals surface area contributed by atoms with Crippen LogP contribution in [0.5, 0.6) is 0 Å². The van der Waals surface area contributed by atoms with Crippen molar-refractivity contribution in [1.29, 1.82) is 0 Å². The summed E-state index contributed by atoms with van der Waals surface area (Å²) in [4.78, 5) is 4.76. The third-order valence-corrected chi connectivity index (χ3v) is 7.22. The topological polar surface area (TPSA) is 22.1 Å². The zero-order chi connectivity index (χ0) is 17.9. The minimum atomic E-state index is -4.30. The second-order valence-corrected chi connectivity index (χ2v) is 8.74. The lowest BCUT2D eigenvalue weighted by atomic mass is 9.81. The first kappa shape index (κ1) is 16.8. The molecule has 2 nitrogen and oxygen atoms in total. The van der Waals surface area contributed by atoms with Crippen LogP contribution in [0.25, 0.3) is 0 Å². The van der Waals surface area contributed by atoms with Crippen molar-refractivity contribution in [2.24, 2.45) is 0 Å². The molecule has 1 atom stereocenters. The molecule has 2 aliphatic carbocycles. The number of fused-ring (bicyclic) bond motifs is 4. The van der Waals surface area contributed by atoms with Crippen LogP contribution in [-0.2, 0) is 29.4 Å². The summed E-state index contributed by atoms with van der Waals surface area (Å²) in [5.41, 5.74) is 4.46. The summed E-state index contributed by atoms with van der Waals surface area (Å²) in [5, 5.41) is 0. The van der Waals surface area contributed by atoms with E-state index in [9.17, 15) is 13.2 Å². The first-order valence-corrected chi connectivity index (χ1v) is 10.2. The van der Waals surface area contributed by atoms with Gasteiger partial charge in [-0.25, -0.2) is 0 Å². The lowest BCUT2D eigenvalue weighted by Gasteiger charge is -2.28. The summed E-state index contributed by atoms with van der Waals surface area (Å²) in [6, 6.07) is 2.75. The number of halogens is 3. The van der Waals surface area contributed by atoms with E-state index in [1.54, 1.807) is 6.07 Å². The molecule has 0 aromatic carbocycles. The Bertz CT molecular complexity index is 851. The third kappa shape index (κ3) is 2.45. The standard InChI is InChI=1S/C20H20F3NOS/c21-20(22,23)16-8-7-15(26-16)18-13-11-24-14-6-2-1-5-12(14)17(13)19(25-18)9-3-4-10-19/h7-8,11,18H,1-6,9-10H2. The van der Waals surface area contributed by atoms with Gasteiger partial charge in [-0.2, -0.15) is 13.2 Å². The number of alkyl halides is 3. The van der Waals surface area contributed by atoms with Gasteiger partial charge in [0.15, 0.2) is 0 Å². The van der Waals surface area contributed by atoms with Crippen molar-refractivity contribution in [3.63, 3.8) is 0 Å². The molecule has 0 saturated heterocycles. The lowest BCUT2D eigenvalue weighted by Crippen LogP contribution is -2.24. The minimum Gasteiger partial charge on any atom is -0.357 e. The fourth-order valence-corrected chi connectivity index (χ4v) is 5.87. The molecule has 2 aromatic rings. The van der Waals surface area contributed by atoms with Gasteiger partial charge in [-0.3, -0.25) is 4.98 Å². The highest BCUT2D eigenvalue weighted by Gasteiger charge is 2.50. The van der Waals surface area contributed by atoms with Crippen molar-refractivity contribution in [2.45, 2.75) is 69.2 Å². The minimum absolute atomic E-state index is 0.313. The number of aromatic nitrogens is 1. The van der Waals surface area contributed by atoms with Crippen LogP contribution in [0, 0.1) is 0 Å². The van der Waals surface area contributed by atoms with Crippen molar-refractivity contribution < 1.29 is 17.9 Å². The second-order valence-electron chi connectivity index (χ2n) is 7.62. The van der Waals surface area contributed by atoms with Crippen LogP contribution in [-0.4, -0.2) is 4.98 Å². The number of hydrogen-bond donors (Lipinski definition) is 0. The van der Waals surface area contributed by atoms with Crippen LogP contribution >= 0.6 is 11.3 Å². The predicted octanol–water partition coefficient (Wildman–Crippen LogP) is 5.93. The van der Waals surface area contributed by atoms with Crippen LogP contribution in [0.2, 0.25) is 0 Å². The first-order chi connectivity index (χ1) is 12.5. The summed E-state index contributed by atoms with van der Waals surface area (Å²) < 4.78 is 45.7. The monoisotopic (exact) mass is 379 g/mol. The molecular formula is C20H20F3NOS. The SMILES string of the molecule is FC(F)(F)c1ccc(C2OC3(CCCC3)c3c2cnc2c3CCCC2)s1. The predicted molar refractivity (Wildman–Crippen MR) is 93.3 cm³/mol. The fraction of sp³-hybridized carbons (Fsp3) is 0.550. The number of aryl methyl sites for hydroxylation is 1. The van der Waals surface area contributed by atoms with Crippen molar-refractivity contribution in [2.75, 3.05) is 0 Å². The van der Waals surface area contributed by atoms with Crippen LogP contribution in [0.15, 0.2) is 18.3 Å². The van der Waals surface area contributed by atoms with Gasteiger partial charge in [0.1, 0.15) is 11.0 Å². The Morgan fingerprint density at radius 1 is 1.08 bits per heavy atom.